The van der Waals surface area contributed by atoms with Crippen LogP contribution in [0, 0.1) is 6.92 Å². The Morgan fingerprint density at radius 2 is 1.86 bits per heavy atom. The molecule has 3 rings (SSSR count). The molecule has 0 aliphatic rings. The lowest BCUT2D eigenvalue weighted by molar-refractivity contribution is 0.101. The van der Waals surface area contributed by atoms with Crippen LogP contribution < -0.4 is 0 Å². The standard InChI is InChI=1S/C16H13ClN4O/c1-10-16(21-9-13(17)5-8-15(21)18-10)20-19-14-6-3-12(4-7-14)11(2)22/h3-9H,1-2H3. The molecule has 22 heavy (non-hydrogen) atoms. The Hall–Kier alpha value is -2.53. The van der Waals surface area contributed by atoms with E-state index in [-0.39, 0.29) is 5.78 Å². The summed E-state index contributed by atoms with van der Waals surface area (Å²) in [5.74, 6) is 0.656. The number of imidazole rings is 1. The van der Waals surface area contributed by atoms with Gasteiger partial charge in [0.05, 0.1) is 16.4 Å². The van der Waals surface area contributed by atoms with Gasteiger partial charge in [0.2, 0.25) is 0 Å². The fourth-order valence-electron chi connectivity index (χ4n) is 2.11. The second-order valence-corrected chi connectivity index (χ2v) is 5.34. The van der Waals surface area contributed by atoms with Crippen molar-refractivity contribution < 1.29 is 4.79 Å². The van der Waals surface area contributed by atoms with Crippen LogP contribution in [0.3, 0.4) is 0 Å². The Morgan fingerprint density at radius 3 is 2.55 bits per heavy atom. The van der Waals surface area contributed by atoms with Gasteiger partial charge in [-0.2, -0.15) is 0 Å². The van der Waals surface area contributed by atoms with Crippen LogP contribution in [0.15, 0.2) is 52.8 Å². The van der Waals surface area contributed by atoms with Gasteiger partial charge < -0.3 is 0 Å². The van der Waals surface area contributed by atoms with E-state index in [0.717, 1.165) is 11.3 Å². The molecule has 1 aromatic carbocycles. The average Bonchev–Trinajstić information content (AvgIpc) is 2.80. The predicted molar refractivity (Wildman–Crippen MR) is 85.6 cm³/mol. The average molecular weight is 313 g/mol. The summed E-state index contributed by atoms with van der Waals surface area (Å²) >= 11 is 6.01. The predicted octanol–water partition coefficient (Wildman–Crippen LogP) is 4.91. The molecule has 0 fully saturated rings. The van der Waals surface area contributed by atoms with Crippen molar-refractivity contribution in [3.05, 3.63) is 58.9 Å². The lowest BCUT2D eigenvalue weighted by Crippen LogP contribution is -1.89. The lowest BCUT2D eigenvalue weighted by Gasteiger charge is -1.98. The van der Waals surface area contributed by atoms with Crippen LogP contribution in [-0.2, 0) is 0 Å². The lowest BCUT2D eigenvalue weighted by atomic mass is 10.1. The molecule has 0 aliphatic carbocycles. The zero-order valence-electron chi connectivity index (χ0n) is 12.1. The van der Waals surface area contributed by atoms with E-state index in [1.54, 1.807) is 40.9 Å². The van der Waals surface area contributed by atoms with Crippen LogP contribution in [-0.4, -0.2) is 15.2 Å². The maximum absolute atomic E-state index is 11.2. The minimum Gasteiger partial charge on any atom is -0.295 e. The number of aryl methyl sites for hydroxylation is 1. The van der Waals surface area contributed by atoms with Gasteiger partial charge in [0.15, 0.2) is 11.6 Å². The maximum atomic E-state index is 11.2. The molecular formula is C16H13ClN4O. The number of hydrogen-bond donors (Lipinski definition) is 0. The van der Waals surface area contributed by atoms with Crippen LogP contribution in [0.5, 0.6) is 0 Å². The third kappa shape index (κ3) is 2.76. The second kappa shape index (κ2) is 5.69. The maximum Gasteiger partial charge on any atom is 0.182 e. The number of carbonyl (C=O) groups is 1. The van der Waals surface area contributed by atoms with Gasteiger partial charge >= 0.3 is 0 Å². The molecule has 0 amide bonds. The van der Waals surface area contributed by atoms with E-state index in [9.17, 15) is 4.79 Å². The van der Waals surface area contributed by atoms with E-state index in [0.29, 0.717) is 22.1 Å². The number of aromatic nitrogens is 2. The molecule has 5 nitrogen and oxygen atoms in total. The first kappa shape index (κ1) is 14.4. The Labute approximate surface area is 132 Å². The summed E-state index contributed by atoms with van der Waals surface area (Å²) in [6.07, 6.45) is 1.75. The first-order valence-electron chi connectivity index (χ1n) is 6.71. The van der Waals surface area contributed by atoms with Crippen LogP contribution in [0.4, 0.5) is 11.5 Å². The first-order chi connectivity index (χ1) is 10.5. The van der Waals surface area contributed by atoms with Crippen molar-refractivity contribution in [3.8, 4) is 0 Å². The van der Waals surface area contributed by atoms with Crippen molar-refractivity contribution in [3.63, 3.8) is 0 Å². The number of azo groups is 1. The van der Waals surface area contributed by atoms with Crippen molar-refractivity contribution in [1.29, 1.82) is 0 Å². The highest BCUT2D eigenvalue weighted by Gasteiger charge is 2.08. The molecule has 110 valence electrons. The van der Waals surface area contributed by atoms with E-state index < -0.39 is 0 Å². The van der Waals surface area contributed by atoms with Crippen molar-refractivity contribution in [2.75, 3.05) is 0 Å². The van der Waals surface area contributed by atoms with Gasteiger partial charge in [-0.1, -0.05) is 11.6 Å². The number of nitrogens with zero attached hydrogens (tertiary/aromatic N) is 4. The summed E-state index contributed by atoms with van der Waals surface area (Å²) in [5.41, 5.74) is 2.85. The Morgan fingerprint density at radius 1 is 1.14 bits per heavy atom. The van der Waals surface area contributed by atoms with Gasteiger partial charge in [-0.15, -0.1) is 10.2 Å². The van der Waals surface area contributed by atoms with E-state index in [1.807, 2.05) is 13.0 Å². The summed E-state index contributed by atoms with van der Waals surface area (Å²) in [6, 6.07) is 10.6. The highest BCUT2D eigenvalue weighted by atomic mass is 35.5. The molecule has 0 N–H and O–H groups in total. The number of carbonyl (C=O) groups excluding carboxylic acids is 1. The summed E-state index contributed by atoms with van der Waals surface area (Å²) in [7, 11) is 0. The number of rotatable bonds is 3. The van der Waals surface area contributed by atoms with Crippen molar-refractivity contribution in [2.45, 2.75) is 13.8 Å². The van der Waals surface area contributed by atoms with Crippen LogP contribution in [0.2, 0.25) is 5.02 Å². The van der Waals surface area contributed by atoms with Crippen LogP contribution in [0.1, 0.15) is 23.0 Å². The molecule has 6 heteroatoms. The Balaban J connectivity index is 1.96. The fourth-order valence-corrected chi connectivity index (χ4v) is 2.27. The molecule has 0 radical (unpaired) electrons. The largest absolute Gasteiger partial charge is 0.295 e. The summed E-state index contributed by atoms with van der Waals surface area (Å²) in [6.45, 7) is 3.40. The monoisotopic (exact) mass is 312 g/mol. The fraction of sp³-hybridized carbons (Fsp3) is 0.125. The molecule has 2 heterocycles. The molecule has 0 saturated heterocycles. The second-order valence-electron chi connectivity index (χ2n) is 4.90. The molecule has 0 spiro atoms. The van der Waals surface area contributed by atoms with Gasteiger partial charge in [0.1, 0.15) is 5.65 Å². The minimum absolute atomic E-state index is 0.0239. The van der Waals surface area contributed by atoms with Gasteiger partial charge in [-0.25, -0.2) is 4.98 Å². The van der Waals surface area contributed by atoms with Crippen molar-refractivity contribution in [1.82, 2.24) is 9.38 Å². The number of fused-ring (bicyclic) bond motifs is 1. The highest BCUT2D eigenvalue weighted by Crippen LogP contribution is 2.25. The van der Waals surface area contributed by atoms with E-state index in [1.165, 1.54) is 6.92 Å². The molecule has 0 atom stereocenters. The molecule has 2 aromatic heterocycles. The van der Waals surface area contributed by atoms with Gasteiger partial charge in [0.25, 0.3) is 0 Å². The molecule has 0 aliphatic heterocycles. The number of Topliss-reactive ketones (excluding diaryl/α,β-unsaturated/α-hetero) is 1. The Bertz CT molecular complexity index is 881. The Kier molecular flexibility index (Phi) is 3.73. The summed E-state index contributed by atoms with van der Waals surface area (Å²) in [4.78, 5) is 15.7. The molecular weight excluding hydrogens is 300 g/mol. The van der Waals surface area contributed by atoms with Crippen LogP contribution in [0.25, 0.3) is 5.65 Å². The summed E-state index contributed by atoms with van der Waals surface area (Å²) < 4.78 is 1.80. The zero-order chi connectivity index (χ0) is 15.7. The van der Waals surface area contributed by atoms with Crippen LogP contribution >= 0.6 is 11.6 Å². The summed E-state index contributed by atoms with van der Waals surface area (Å²) in [5, 5.41) is 9.07. The van der Waals surface area contributed by atoms with E-state index in [4.69, 9.17) is 11.6 Å². The SMILES string of the molecule is CC(=O)c1ccc(N=Nc2c(C)nc3ccc(Cl)cn23)cc1. The molecule has 0 bridgehead atoms. The van der Waals surface area contributed by atoms with Gasteiger partial charge in [-0.05, 0) is 50.2 Å². The minimum atomic E-state index is 0.0239. The zero-order valence-corrected chi connectivity index (χ0v) is 12.9. The highest BCUT2D eigenvalue weighted by molar-refractivity contribution is 6.30. The van der Waals surface area contributed by atoms with Crippen molar-refractivity contribution >= 4 is 34.5 Å². The van der Waals surface area contributed by atoms with Crippen molar-refractivity contribution in [2.24, 2.45) is 10.2 Å². The normalized spacial score (nSPS) is 11.4. The first-order valence-corrected chi connectivity index (χ1v) is 7.09. The van der Waals surface area contributed by atoms with Gasteiger partial charge in [-0.3, -0.25) is 9.20 Å². The molecule has 0 saturated carbocycles. The quantitative estimate of drug-likeness (QED) is 0.509. The topological polar surface area (TPSA) is 59.1 Å². The molecule has 3 aromatic rings. The number of pyridine rings is 1. The number of benzene rings is 1. The van der Waals surface area contributed by atoms with E-state index in [2.05, 4.69) is 15.2 Å². The smallest absolute Gasteiger partial charge is 0.182 e. The third-order valence-electron chi connectivity index (χ3n) is 3.26. The third-order valence-corrected chi connectivity index (χ3v) is 3.48. The number of hydrogen-bond acceptors (Lipinski definition) is 4. The number of halogens is 1. The van der Waals surface area contributed by atoms with Gasteiger partial charge in [0, 0.05) is 11.8 Å². The number of ketones is 1. The molecule has 0 unspecified atom stereocenters. The van der Waals surface area contributed by atoms with E-state index >= 15 is 0 Å².